The summed E-state index contributed by atoms with van der Waals surface area (Å²) in [5.74, 6) is -2.32. The summed E-state index contributed by atoms with van der Waals surface area (Å²) in [6.07, 6.45) is 0. The SMILES string of the molecule is O=C1CN(C(=O)Nc2ccc(C(=O)O)c(Cl)c2)CC(=O)N1. The van der Waals surface area contributed by atoms with Crippen LogP contribution in [0, 0.1) is 0 Å². The topological polar surface area (TPSA) is 116 Å². The van der Waals surface area contributed by atoms with Gasteiger partial charge in [0.05, 0.1) is 10.6 Å². The standard InChI is InChI=1S/C12H10ClN3O5/c13-8-3-6(1-2-7(8)11(19)20)14-12(21)16-4-9(17)15-10(18)5-16/h1-3H,4-5H2,(H,14,21)(H,19,20)(H,15,17,18). The van der Waals surface area contributed by atoms with E-state index in [0.717, 1.165) is 4.90 Å². The number of aromatic carboxylic acids is 1. The Labute approximate surface area is 123 Å². The second kappa shape index (κ2) is 5.80. The van der Waals surface area contributed by atoms with Crippen molar-refractivity contribution in [3.05, 3.63) is 28.8 Å². The number of benzene rings is 1. The highest BCUT2D eigenvalue weighted by molar-refractivity contribution is 6.33. The average Bonchev–Trinajstić information content (AvgIpc) is 2.37. The Morgan fingerprint density at radius 3 is 2.38 bits per heavy atom. The van der Waals surface area contributed by atoms with Gasteiger partial charge in [0.2, 0.25) is 11.8 Å². The van der Waals surface area contributed by atoms with Crippen LogP contribution in [-0.2, 0) is 9.59 Å². The molecule has 21 heavy (non-hydrogen) atoms. The molecule has 1 saturated heterocycles. The van der Waals surface area contributed by atoms with Gasteiger partial charge in [-0.05, 0) is 18.2 Å². The maximum atomic E-state index is 11.9. The number of piperazine rings is 1. The van der Waals surface area contributed by atoms with E-state index in [0.29, 0.717) is 0 Å². The lowest BCUT2D eigenvalue weighted by atomic mass is 10.2. The number of urea groups is 1. The Morgan fingerprint density at radius 2 is 1.86 bits per heavy atom. The van der Waals surface area contributed by atoms with Crippen LogP contribution >= 0.6 is 11.6 Å². The second-order valence-corrected chi connectivity index (χ2v) is 4.66. The Balaban J connectivity index is 2.09. The zero-order valence-electron chi connectivity index (χ0n) is 10.6. The van der Waals surface area contributed by atoms with Gasteiger partial charge in [-0.3, -0.25) is 14.9 Å². The van der Waals surface area contributed by atoms with Gasteiger partial charge < -0.3 is 15.3 Å². The van der Waals surface area contributed by atoms with Crippen molar-refractivity contribution in [2.45, 2.75) is 0 Å². The summed E-state index contributed by atoms with van der Waals surface area (Å²) in [6, 6.07) is 3.22. The molecular formula is C12H10ClN3O5. The predicted octanol–water partition coefficient (Wildman–Crippen LogP) is 0.529. The number of carbonyl (C=O) groups is 4. The lowest BCUT2D eigenvalue weighted by Gasteiger charge is -2.25. The summed E-state index contributed by atoms with van der Waals surface area (Å²) in [4.78, 5) is 46.1. The van der Waals surface area contributed by atoms with Crippen molar-refractivity contribution in [3.63, 3.8) is 0 Å². The normalized spacial score (nSPS) is 14.6. The molecule has 2 rings (SSSR count). The molecule has 4 amide bonds. The van der Waals surface area contributed by atoms with Gasteiger partial charge in [-0.25, -0.2) is 9.59 Å². The van der Waals surface area contributed by atoms with Gasteiger partial charge in [-0.15, -0.1) is 0 Å². The summed E-state index contributed by atoms with van der Waals surface area (Å²) in [5, 5.41) is 13.3. The molecule has 3 N–H and O–H groups in total. The molecule has 1 aliphatic rings. The van der Waals surface area contributed by atoms with E-state index in [1.807, 2.05) is 0 Å². The van der Waals surface area contributed by atoms with E-state index < -0.39 is 23.8 Å². The molecule has 110 valence electrons. The average molecular weight is 312 g/mol. The van der Waals surface area contributed by atoms with Crippen LogP contribution in [-0.4, -0.2) is 46.9 Å². The van der Waals surface area contributed by atoms with Crippen LogP contribution in [0.25, 0.3) is 0 Å². The number of carboxylic acids is 1. The predicted molar refractivity (Wildman–Crippen MR) is 72.2 cm³/mol. The number of nitrogens with one attached hydrogen (secondary N) is 2. The molecule has 9 heteroatoms. The van der Waals surface area contributed by atoms with Gasteiger partial charge in [0.15, 0.2) is 0 Å². The number of imide groups is 1. The summed E-state index contributed by atoms with van der Waals surface area (Å²) >= 11 is 5.78. The Bertz CT molecular complexity index is 630. The third kappa shape index (κ3) is 3.48. The maximum absolute atomic E-state index is 11.9. The minimum Gasteiger partial charge on any atom is -0.478 e. The molecule has 0 aliphatic carbocycles. The van der Waals surface area contributed by atoms with Crippen molar-refractivity contribution in [1.29, 1.82) is 0 Å². The molecule has 0 unspecified atom stereocenters. The summed E-state index contributed by atoms with van der Waals surface area (Å²) in [5.41, 5.74) is 0.163. The van der Waals surface area contributed by atoms with Crippen LogP contribution in [0.2, 0.25) is 5.02 Å². The van der Waals surface area contributed by atoms with E-state index in [2.05, 4.69) is 10.6 Å². The number of anilines is 1. The second-order valence-electron chi connectivity index (χ2n) is 4.26. The summed E-state index contributed by atoms with van der Waals surface area (Å²) in [6.45, 7) is -0.475. The van der Waals surface area contributed by atoms with Crippen LogP contribution in [0.3, 0.4) is 0 Å². The van der Waals surface area contributed by atoms with E-state index in [-0.39, 0.29) is 29.4 Å². The number of hydrogen-bond donors (Lipinski definition) is 3. The summed E-state index contributed by atoms with van der Waals surface area (Å²) in [7, 11) is 0. The Kier molecular flexibility index (Phi) is 4.08. The number of halogens is 1. The van der Waals surface area contributed by atoms with Gasteiger partial charge >= 0.3 is 12.0 Å². The zero-order valence-corrected chi connectivity index (χ0v) is 11.3. The molecule has 1 aromatic carbocycles. The largest absolute Gasteiger partial charge is 0.478 e. The number of rotatable bonds is 2. The van der Waals surface area contributed by atoms with E-state index in [1.54, 1.807) is 0 Å². The van der Waals surface area contributed by atoms with Gasteiger partial charge in [0, 0.05) is 5.69 Å². The monoisotopic (exact) mass is 311 g/mol. The molecule has 0 aromatic heterocycles. The van der Waals surface area contributed by atoms with Crippen LogP contribution < -0.4 is 10.6 Å². The third-order valence-electron chi connectivity index (χ3n) is 2.69. The summed E-state index contributed by atoms with van der Waals surface area (Å²) < 4.78 is 0. The molecule has 8 nitrogen and oxygen atoms in total. The minimum atomic E-state index is -1.18. The van der Waals surface area contributed by atoms with Crippen LogP contribution in [0.15, 0.2) is 18.2 Å². The quantitative estimate of drug-likeness (QED) is 0.689. The highest BCUT2D eigenvalue weighted by atomic mass is 35.5. The first-order valence-corrected chi connectivity index (χ1v) is 6.16. The molecule has 1 fully saturated rings. The first kappa shape index (κ1) is 14.8. The number of carboxylic acid groups (broad SMARTS) is 1. The Morgan fingerprint density at radius 1 is 1.24 bits per heavy atom. The third-order valence-corrected chi connectivity index (χ3v) is 3.00. The van der Waals surface area contributed by atoms with E-state index >= 15 is 0 Å². The van der Waals surface area contributed by atoms with Crippen LogP contribution in [0.4, 0.5) is 10.5 Å². The van der Waals surface area contributed by atoms with Crippen molar-refractivity contribution in [3.8, 4) is 0 Å². The lowest BCUT2D eigenvalue weighted by Crippen LogP contribution is -2.54. The highest BCUT2D eigenvalue weighted by Crippen LogP contribution is 2.21. The van der Waals surface area contributed by atoms with Crippen molar-refractivity contribution < 1.29 is 24.3 Å². The van der Waals surface area contributed by atoms with Gasteiger partial charge in [-0.1, -0.05) is 11.6 Å². The highest BCUT2D eigenvalue weighted by Gasteiger charge is 2.26. The first-order valence-electron chi connectivity index (χ1n) is 5.78. The fourth-order valence-electron chi connectivity index (χ4n) is 1.75. The molecule has 0 spiro atoms. The maximum Gasteiger partial charge on any atom is 0.337 e. The number of carbonyl (C=O) groups excluding carboxylic acids is 3. The lowest BCUT2D eigenvalue weighted by molar-refractivity contribution is -0.134. The molecular weight excluding hydrogens is 302 g/mol. The number of amides is 4. The fraction of sp³-hybridized carbons (Fsp3) is 0.167. The van der Waals surface area contributed by atoms with Gasteiger partial charge in [-0.2, -0.15) is 0 Å². The molecule has 1 heterocycles. The van der Waals surface area contributed by atoms with E-state index in [9.17, 15) is 19.2 Å². The fourth-order valence-corrected chi connectivity index (χ4v) is 2.01. The molecule has 0 radical (unpaired) electrons. The first-order chi connectivity index (χ1) is 9.86. The van der Waals surface area contributed by atoms with Gasteiger partial charge in [0.25, 0.3) is 0 Å². The minimum absolute atomic E-state index is 0.0345. The van der Waals surface area contributed by atoms with E-state index in [4.69, 9.17) is 16.7 Å². The van der Waals surface area contributed by atoms with Crippen molar-refractivity contribution >= 4 is 41.1 Å². The molecule has 0 bridgehead atoms. The smallest absolute Gasteiger partial charge is 0.337 e. The van der Waals surface area contributed by atoms with Crippen LogP contribution in [0.5, 0.6) is 0 Å². The van der Waals surface area contributed by atoms with Crippen LogP contribution in [0.1, 0.15) is 10.4 Å². The Hall–Kier alpha value is -2.61. The number of hydrogen-bond acceptors (Lipinski definition) is 4. The number of nitrogens with zero attached hydrogens (tertiary/aromatic N) is 1. The molecule has 1 aromatic rings. The van der Waals surface area contributed by atoms with Crippen molar-refractivity contribution in [2.75, 3.05) is 18.4 Å². The van der Waals surface area contributed by atoms with Gasteiger partial charge in [0.1, 0.15) is 13.1 Å². The zero-order chi connectivity index (χ0) is 15.6. The van der Waals surface area contributed by atoms with Crippen molar-refractivity contribution in [1.82, 2.24) is 10.2 Å². The molecule has 1 aliphatic heterocycles. The molecule has 0 saturated carbocycles. The van der Waals surface area contributed by atoms with Crippen molar-refractivity contribution in [2.24, 2.45) is 0 Å². The molecule has 0 atom stereocenters. The van der Waals surface area contributed by atoms with E-state index in [1.165, 1.54) is 18.2 Å².